The predicted molar refractivity (Wildman–Crippen MR) is 101 cm³/mol. The third-order valence-electron chi connectivity index (χ3n) is 4.03. The Morgan fingerprint density at radius 1 is 1.32 bits per heavy atom. The van der Waals surface area contributed by atoms with Gasteiger partial charge >= 0.3 is 0 Å². The van der Waals surface area contributed by atoms with Gasteiger partial charge in [-0.1, -0.05) is 0 Å². The molecule has 1 amide bonds. The molecule has 8 heteroatoms. The maximum Gasteiger partial charge on any atom is 0.243 e. The van der Waals surface area contributed by atoms with Crippen LogP contribution in [-0.2, 0) is 9.53 Å². The monoisotopic (exact) mass is 361 g/mol. The van der Waals surface area contributed by atoms with E-state index in [1.807, 2.05) is 43.0 Å². The molecule has 25 heavy (non-hydrogen) atoms. The quantitative estimate of drug-likeness (QED) is 0.850. The molecule has 0 atom stereocenters. The molecule has 1 fully saturated rings. The highest BCUT2D eigenvalue weighted by molar-refractivity contribution is 7.09. The van der Waals surface area contributed by atoms with Crippen molar-refractivity contribution in [2.24, 2.45) is 0 Å². The zero-order valence-corrected chi connectivity index (χ0v) is 15.4. The van der Waals surface area contributed by atoms with E-state index in [0.717, 1.165) is 48.6 Å². The molecule has 1 aromatic heterocycles. The van der Waals surface area contributed by atoms with Crippen LogP contribution in [0.3, 0.4) is 0 Å². The Kier molecular flexibility index (Phi) is 5.83. The zero-order valence-electron chi connectivity index (χ0n) is 14.6. The zero-order chi connectivity index (χ0) is 17.6. The second-order valence-electron chi connectivity index (χ2n) is 5.83. The van der Waals surface area contributed by atoms with Crippen LogP contribution in [0.25, 0.3) is 0 Å². The van der Waals surface area contributed by atoms with E-state index in [1.54, 1.807) is 0 Å². The molecule has 0 radical (unpaired) electrons. The molecule has 0 unspecified atom stereocenters. The van der Waals surface area contributed by atoms with Gasteiger partial charge in [-0.05, 0) is 38.1 Å². The molecule has 0 bridgehead atoms. The van der Waals surface area contributed by atoms with Gasteiger partial charge in [0.15, 0.2) is 0 Å². The highest BCUT2D eigenvalue weighted by atomic mass is 32.1. The van der Waals surface area contributed by atoms with Crippen molar-refractivity contribution in [2.75, 3.05) is 54.5 Å². The van der Waals surface area contributed by atoms with Gasteiger partial charge in [0, 0.05) is 42.5 Å². The Morgan fingerprint density at radius 2 is 2.04 bits per heavy atom. The second kappa shape index (κ2) is 8.26. The van der Waals surface area contributed by atoms with Crippen LogP contribution in [-0.4, -0.2) is 54.7 Å². The molecule has 7 nitrogen and oxygen atoms in total. The molecule has 1 aliphatic heterocycles. The van der Waals surface area contributed by atoms with Crippen LogP contribution in [0, 0.1) is 6.92 Å². The highest BCUT2D eigenvalue weighted by Crippen LogP contribution is 2.20. The van der Waals surface area contributed by atoms with Gasteiger partial charge in [0.1, 0.15) is 5.82 Å². The molecule has 0 spiro atoms. The fourth-order valence-electron chi connectivity index (χ4n) is 2.68. The van der Waals surface area contributed by atoms with Crippen LogP contribution < -0.4 is 15.1 Å². The fourth-order valence-corrected chi connectivity index (χ4v) is 3.42. The summed E-state index contributed by atoms with van der Waals surface area (Å²) in [5.74, 6) is 0.673. The summed E-state index contributed by atoms with van der Waals surface area (Å²) in [5.41, 5.74) is 1.95. The molecular formula is C17H23N5O2S. The summed E-state index contributed by atoms with van der Waals surface area (Å²) >= 11 is 1.32. The third kappa shape index (κ3) is 4.67. The van der Waals surface area contributed by atoms with E-state index in [2.05, 4.69) is 19.6 Å². The Morgan fingerprint density at radius 3 is 2.64 bits per heavy atom. The number of aryl methyl sites for hydroxylation is 1. The first-order valence-corrected chi connectivity index (χ1v) is 9.21. The van der Waals surface area contributed by atoms with Gasteiger partial charge in [-0.15, -0.1) is 0 Å². The van der Waals surface area contributed by atoms with Crippen LogP contribution in [0.2, 0.25) is 0 Å². The Balaban J connectivity index is 1.56. The number of nitrogens with zero attached hydrogens (tertiary/aromatic N) is 4. The first kappa shape index (κ1) is 17.6. The number of morpholine rings is 1. The van der Waals surface area contributed by atoms with E-state index in [1.165, 1.54) is 11.5 Å². The van der Waals surface area contributed by atoms with Crippen molar-refractivity contribution in [1.29, 1.82) is 0 Å². The number of benzene rings is 1. The maximum atomic E-state index is 12.3. The number of carbonyl (C=O) groups excluding carboxylic acids is 1. The number of hydrogen-bond acceptors (Lipinski definition) is 7. The van der Waals surface area contributed by atoms with Crippen LogP contribution in [0.15, 0.2) is 24.3 Å². The first-order valence-electron chi connectivity index (χ1n) is 8.43. The molecule has 1 aliphatic rings. The van der Waals surface area contributed by atoms with Crippen molar-refractivity contribution in [2.45, 2.75) is 13.8 Å². The highest BCUT2D eigenvalue weighted by Gasteiger charge is 2.15. The summed E-state index contributed by atoms with van der Waals surface area (Å²) in [6, 6.07) is 7.95. The van der Waals surface area contributed by atoms with Crippen molar-refractivity contribution < 1.29 is 9.53 Å². The second-order valence-corrected chi connectivity index (χ2v) is 6.56. The van der Waals surface area contributed by atoms with E-state index in [-0.39, 0.29) is 12.5 Å². The summed E-state index contributed by atoms with van der Waals surface area (Å²) in [6.07, 6.45) is 0. The van der Waals surface area contributed by atoms with Crippen LogP contribution in [0.5, 0.6) is 0 Å². The van der Waals surface area contributed by atoms with Crippen molar-refractivity contribution >= 4 is 33.9 Å². The number of hydrogen-bond donors (Lipinski definition) is 1. The molecule has 0 aliphatic carbocycles. The Labute approximate surface area is 151 Å². The summed E-state index contributed by atoms with van der Waals surface area (Å²) < 4.78 is 9.55. The molecule has 1 saturated heterocycles. The average Bonchev–Trinajstić information content (AvgIpc) is 3.07. The summed E-state index contributed by atoms with van der Waals surface area (Å²) in [7, 11) is 0. The number of nitrogens with one attached hydrogen (secondary N) is 1. The van der Waals surface area contributed by atoms with Crippen molar-refractivity contribution in [3.05, 3.63) is 30.1 Å². The predicted octanol–water partition coefficient (Wildman–Crippen LogP) is 2.15. The van der Waals surface area contributed by atoms with Crippen molar-refractivity contribution in [1.82, 2.24) is 9.36 Å². The molecule has 134 valence electrons. The molecule has 1 N–H and O–H groups in total. The van der Waals surface area contributed by atoms with Gasteiger partial charge < -0.3 is 19.9 Å². The Hall–Kier alpha value is -2.19. The molecular weight excluding hydrogens is 338 g/mol. The van der Waals surface area contributed by atoms with Gasteiger partial charge in [0.2, 0.25) is 11.0 Å². The lowest BCUT2D eigenvalue weighted by molar-refractivity contribution is -0.115. The summed E-state index contributed by atoms with van der Waals surface area (Å²) in [5, 5.41) is 3.72. The van der Waals surface area contributed by atoms with Crippen molar-refractivity contribution in [3.8, 4) is 0 Å². The maximum absolute atomic E-state index is 12.3. The number of aromatic nitrogens is 2. The fraction of sp³-hybridized carbons (Fsp3) is 0.471. The lowest BCUT2D eigenvalue weighted by atomic mass is 10.2. The largest absolute Gasteiger partial charge is 0.378 e. The number of carbonyl (C=O) groups is 1. The van der Waals surface area contributed by atoms with Crippen LogP contribution in [0.1, 0.15) is 12.7 Å². The minimum atomic E-state index is -0.0613. The van der Waals surface area contributed by atoms with E-state index in [0.29, 0.717) is 6.54 Å². The van der Waals surface area contributed by atoms with Crippen LogP contribution in [0.4, 0.5) is 16.5 Å². The molecule has 2 heterocycles. The normalized spacial score (nSPS) is 14.4. The third-order valence-corrected chi connectivity index (χ3v) is 4.90. The minimum absolute atomic E-state index is 0.0613. The summed E-state index contributed by atoms with van der Waals surface area (Å²) in [6.45, 7) is 8.14. The lowest BCUT2D eigenvalue weighted by Crippen LogP contribution is -2.36. The SMILES string of the molecule is CCN(CC(=O)Nc1ccc(N2CCOCC2)cc1)c1nc(C)ns1. The first-order chi connectivity index (χ1) is 12.2. The molecule has 2 aromatic rings. The van der Waals surface area contributed by atoms with E-state index in [4.69, 9.17) is 4.74 Å². The van der Waals surface area contributed by atoms with Gasteiger partial charge in [0.05, 0.1) is 19.8 Å². The topological polar surface area (TPSA) is 70.6 Å². The van der Waals surface area contributed by atoms with Gasteiger partial charge in [0.25, 0.3) is 0 Å². The van der Waals surface area contributed by atoms with E-state index < -0.39 is 0 Å². The average molecular weight is 361 g/mol. The smallest absolute Gasteiger partial charge is 0.243 e. The Bertz CT molecular complexity index is 697. The van der Waals surface area contributed by atoms with Crippen molar-refractivity contribution in [3.63, 3.8) is 0 Å². The van der Waals surface area contributed by atoms with E-state index in [9.17, 15) is 4.79 Å². The number of ether oxygens (including phenoxy) is 1. The minimum Gasteiger partial charge on any atom is -0.378 e. The standard InChI is InChI=1S/C17H23N5O2S/c1-3-21(17-18-13(2)20-25-17)12-16(23)19-14-4-6-15(7-5-14)22-8-10-24-11-9-22/h4-7H,3,8-12H2,1-2H3,(H,19,23). The number of likely N-dealkylation sites (N-methyl/N-ethyl adjacent to an activating group) is 1. The van der Waals surface area contributed by atoms with Gasteiger partial charge in [-0.2, -0.15) is 4.37 Å². The van der Waals surface area contributed by atoms with Gasteiger partial charge in [-0.25, -0.2) is 4.98 Å². The molecule has 3 rings (SSSR count). The summed E-state index contributed by atoms with van der Waals surface area (Å²) in [4.78, 5) is 20.9. The molecule has 1 aromatic carbocycles. The number of rotatable bonds is 6. The lowest BCUT2D eigenvalue weighted by Gasteiger charge is -2.29. The number of anilines is 3. The number of amides is 1. The van der Waals surface area contributed by atoms with Gasteiger partial charge in [-0.3, -0.25) is 4.79 Å². The van der Waals surface area contributed by atoms with E-state index >= 15 is 0 Å². The van der Waals surface area contributed by atoms with Crippen LogP contribution >= 0.6 is 11.5 Å². The molecule has 0 saturated carbocycles.